The first-order valence-corrected chi connectivity index (χ1v) is 7.21. The van der Waals surface area contributed by atoms with Gasteiger partial charge in [-0.25, -0.2) is 4.79 Å². The molecule has 0 aliphatic carbocycles. The minimum atomic E-state index is -1.76. The molecule has 1 unspecified atom stereocenters. The van der Waals surface area contributed by atoms with E-state index in [9.17, 15) is 14.4 Å². The lowest BCUT2D eigenvalue weighted by atomic mass is 9.89. The van der Waals surface area contributed by atoms with E-state index in [4.69, 9.17) is 9.47 Å². The van der Waals surface area contributed by atoms with E-state index in [-0.39, 0.29) is 18.6 Å². The third-order valence-electron chi connectivity index (χ3n) is 3.34. The molecule has 5 nitrogen and oxygen atoms in total. The number of ketones is 2. The highest BCUT2D eigenvalue weighted by molar-refractivity contribution is 6.19. The van der Waals surface area contributed by atoms with E-state index in [1.165, 1.54) is 6.92 Å². The summed E-state index contributed by atoms with van der Waals surface area (Å²) in [6.45, 7) is 6.57. The van der Waals surface area contributed by atoms with E-state index in [0.717, 1.165) is 0 Å². The molecular formula is C17H20O5. The molecule has 118 valence electrons. The third-order valence-corrected chi connectivity index (χ3v) is 3.34. The Labute approximate surface area is 129 Å². The molecule has 1 aromatic carbocycles. The molecule has 5 heteroatoms. The fourth-order valence-electron chi connectivity index (χ4n) is 2.31. The Bertz CT molecular complexity index is 626. The van der Waals surface area contributed by atoms with Gasteiger partial charge in [0.25, 0.3) is 5.60 Å². The van der Waals surface area contributed by atoms with E-state index in [0.29, 0.717) is 11.3 Å². The SMILES string of the molecule is CC(=O)CCC1(C(=O)OC(C)(C)C)Oc2ccccc2C1=O. The van der Waals surface area contributed by atoms with Crippen LogP contribution in [-0.2, 0) is 14.3 Å². The van der Waals surface area contributed by atoms with Crippen molar-refractivity contribution in [2.75, 3.05) is 0 Å². The quantitative estimate of drug-likeness (QED) is 0.632. The van der Waals surface area contributed by atoms with E-state index in [2.05, 4.69) is 0 Å². The number of Topliss-reactive ketones (excluding diaryl/α,β-unsaturated/α-hetero) is 2. The van der Waals surface area contributed by atoms with Gasteiger partial charge >= 0.3 is 5.97 Å². The first-order valence-electron chi connectivity index (χ1n) is 7.21. The van der Waals surface area contributed by atoms with Gasteiger partial charge in [-0.15, -0.1) is 0 Å². The summed E-state index contributed by atoms with van der Waals surface area (Å²) in [6.07, 6.45) is 0.0454. The molecule has 1 heterocycles. The number of fused-ring (bicyclic) bond motifs is 1. The van der Waals surface area contributed by atoms with Gasteiger partial charge in [0.05, 0.1) is 5.56 Å². The lowest BCUT2D eigenvalue weighted by molar-refractivity contribution is -0.169. The van der Waals surface area contributed by atoms with Gasteiger partial charge in [-0.3, -0.25) is 4.79 Å². The lowest BCUT2D eigenvalue weighted by Gasteiger charge is -2.29. The highest BCUT2D eigenvalue weighted by Crippen LogP contribution is 2.39. The first kappa shape index (κ1) is 16.2. The molecule has 0 N–H and O–H groups in total. The molecule has 22 heavy (non-hydrogen) atoms. The van der Waals surface area contributed by atoms with Crippen LogP contribution in [0.3, 0.4) is 0 Å². The van der Waals surface area contributed by atoms with Crippen molar-refractivity contribution in [1.82, 2.24) is 0 Å². The predicted octanol–water partition coefficient (Wildman–Crippen LogP) is 2.71. The van der Waals surface area contributed by atoms with Gasteiger partial charge in [-0.2, -0.15) is 0 Å². The van der Waals surface area contributed by atoms with Crippen molar-refractivity contribution in [2.45, 2.75) is 51.7 Å². The molecule has 0 fully saturated rings. The van der Waals surface area contributed by atoms with Crippen LogP contribution in [-0.4, -0.2) is 28.7 Å². The second kappa shape index (κ2) is 5.55. The summed E-state index contributed by atoms with van der Waals surface area (Å²) in [5.41, 5.74) is -2.17. The lowest BCUT2D eigenvalue weighted by Crippen LogP contribution is -2.51. The normalized spacial score (nSPS) is 20.3. The molecule has 1 atom stereocenters. The maximum atomic E-state index is 12.7. The molecule has 1 aliphatic rings. The molecule has 1 aromatic rings. The second-order valence-electron chi connectivity index (χ2n) is 6.46. The number of rotatable bonds is 4. The van der Waals surface area contributed by atoms with Crippen LogP contribution < -0.4 is 4.74 Å². The number of esters is 1. The average Bonchev–Trinajstić information content (AvgIpc) is 2.69. The second-order valence-corrected chi connectivity index (χ2v) is 6.46. The largest absolute Gasteiger partial charge is 0.466 e. The zero-order chi connectivity index (χ0) is 16.5. The summed E-state index contributed by atoms with van der Waals surface area (Å²) < 4.78 is 11.1. The standard InChI is InChI=1S/C17H20O5/c1-11(18)9-10-17(15(20)22-16(2,3)4)14(19)12-7-5-6-8-13(12)21-17/h5-8H,9-10H2,1-4H3. The maximum absolute atomic E-state index is 12.7. The zero-order valence-corrected chi connectivity index (χ0v) is 13.3. The van der Waals surface area contributed by atoms with Crippen molar-refractivity contribution in [1.29, 1.82) is 0 Å². The Morgan fingerprint density at radius 2 is 1.86 bits per heavy atom. The Morgan fingerprint density at radius 3 is 2.41 bits per heavy atom. The van der Waals surface area contributed by atoms with E-state index >= 15 is 0 Å². The fraction of sp³-hybridized carbons (Fsp3) is 0.471. The van der Waals surface area contributed by atoms with Crippen LogP contribution in [0, 0.1) is 0 Å². The maximum Gasteiger partial charge on any atom is 0.359 e. The Hall–Kier alpha value is -2.17. The highest BCUT2D eigenvalue weighted by atomic mass is 16.6. The molecule has 0 bridgehead atoms. The van der Waals surface area contributed by atoms with Crippen LogP contribution in [0.4, 0.5) is 0 Å². The summed E-state index contributed by atoms with van der Waals surface area (Å²) in [4.78, 5) is 36.6. The molecule has 0 amide bonds. The number of carbonyl (C=O) groups is 3. The van der Waals surface area contributed by atoms with E-state index < -0.39 is 23.0 Å². The summed E-state index contributed by atoms with van der Waals surface area (Å²) in [5, 5.41) is 0. The topological polar surface area (TPSA) is 69.7 Å². The van der Waals surface area contributed by atoms with Gasteiger partial charge in [0.15, 0.2) is 0 Å². The van der Waals surface area contributed by atoms with Crippen molar-refractivity contribution in [3.8, 4) is 5.75 Å². The average molecular weight is 304 g/mol. The summed E-state index contributed by atoms with van der Waals surface area (Å²) >= 11 is 0. The highest BCUT2D eigenvalue weighted by Gasteiger charge is 2.56. The van der Waals surface area contributed by atoms with Crippen molar-refractivity contribution >= 4 is 17.5 Å². The fourth-order valence-corrected chi connectivity index (χ4v) is 2.31. The molecule has 1 aliphatic heterocycles. The molecular weight excluding hydrogens is 284 g/mol. The Kier molecular flexibility index (Phi) is 4.09. The van der Waals surface area contributed by atoms with E-state index in [1.54, 1.807) is 45.0 Å². The van der Waals surface area contributed by atoms with Crippen molar-refractivity contribution in [3.05, 3.63) is 29.8 Å². The number of hydrogen-bond donors (Lipinski definition) is 0. The van der Waals surface area contributed by atoms with Gasteiger partial charge in [0, 0.05) is 12.8 Å². The molecule has 0 radical (unpaired) electrons. The van der Waals surface area contributed by atoms with Crippen LogP contribution in [0.5, 0.6) is 5.75 Å². The zero-order valence-electron chi connectivity index (χ0n) is 13.3. The monoisotopic (exact) mass is 304 g/mol. The van der Waals surface area contributed by atoms with Crippen LogP contribution in [0.25, 0.3) is 0 Å². The molecule has 0 saturated carbocycles. The molecule has 0 saturated heterocycles. The first-order chi connectivity index (χ1) is 10.2. The number of hydrogen-bond acceptors (Lipinski definition) is 5. The summed E-state index contributed by atoms with van der Waals surface area (Å²) in [7, 11) is 0. The third kappa shape index (κ3) is 3.03. The van der Waals surface area contributed by atoms with E-state index in [1.807, 2.05) is 0 Å². The van der Waals surface area contributed by atoms with Crippen molar-refractivity contribution in [3.63, 3.8) is 0 Å². The van der Waals surface area contributed by atoms with Gasteiger partial charge in [0.1, 0.15) is 17.1 Å². The van der Waals surface area contributed by atoms with Gasteiger partial charge in [-0.1, -0.05) is 12.1 Å². The Morgan fingerprint density at radius 1 is 1.23 bits per heavy atom. The smallest absolute Gasteiger partial charge is 0.359 e. The summed E-state index contributed by atoms with van der Waals surface area (Å²) in [6, 6.07) is 6.67. The van der Waals surface area contributed by atoms with Gasteiger partial charge < -0.3 is 14.3 Å². The van der Waals surface area contributed by atoms with Crippen LogP contribution in [0.1, 0.15) is 50.9 Å². The van der Waals surface area contributed by atoms with Gasteiger partial charge in [-0.05, 0) is 39.8 Å². The number of carbonyl (C=O) groups excluding carboxylic acids is 3. The molecule has 2 rings (SSSR count). The number of benzene rings is 1. The van der Waals surface area contributed by atoms with Crippen molar-refractivity contribution < 1.29 is 23.9 Å². The molecule has 0 aromatic heterocycles. The van der Waals surface area contributed by atoms with Crippen LogP contribution in [0.15, 0.2) is 24.3 Å². The number of para-hydroxylation sites is 1. The van der Waals surface area contributed by atoms with Crippen molar-refractivity contribution in [2.24, 2.45) is 0 Å². The van der Waals surface area contributed by atoms with Crippen LogP contribution in [0.2, 0.25) is 0 Å². The number of ether oxygens (including phenoxy) is 2. The van der Waals surface area contributed by atoms with Gasteiger partial charge in [0.2, 0.25) is 5.78 Å². The summed E-state index contributed by atoms with van der Waals surface area (Å²) in [5.74, 6) is -0.960. The minimum absolute atomic E-state index is 0.0231. The van der Waals surface area contributed by atoms with Crippen LogP contribution >= 0.6 is 0 Å². The predicted molar refractivity (Wildman–Crippen MR) is 79.9 cm³/mol. The molecule has 0 spiro atoms. The Balaban J connectivity index is 2.39. The minimum Gasteiger partial charge on any atom is -0.466 e.